The largest absolute Gasteiger partial charge is 0.395 e. The fourth-order valence-corrected chi connectivity index (χ4v) is 3.09. The quantitative estimate of drug-likeness (QED) is 0.725. The minimum atomic E-state index is -0.581. The molecule has 0 saturated carbocycles. The van der Waals surface area contributed by atoms with Crippen LogP contribution in [0.5, 0.6) is 0 Å². The molecule has 6 nitrogen and oxygen atoms in total. The molecule has 2 amide bonds. The molecule has 2 N–H and O–H groups in total. The van der Waals surface area contributed by atoms with E-state index >= 15 is 0 Å². The smallest absolute Gasteiger partial charge is 0.237 e. The van der Waals surface area contributed by atoms with Gasteiger partial charge >= 0.3 is 0 Å². The van der Waals surface area contributed by atoms with Gasteiger partial charge in [0, 0.05) is 32.7 Å². The number of benzene rings is 1. The Hall–Kier alpha value is -1.99. The number of aliphatic hydroxyl groups is 1. The number of carbonyl (C=O) groups excluding carboxylic acids is 2. The maximum atomic E-state index is 13.4. The third kappa shape index (κ3) is 5.51. The molecular formula is C18H26FN3O3. The Morgan fingerprint density at radius 3 is 2.92 bits per heavy atom. The Kier molecular flexibility index (Phi) is 7.33. The van der Waals surface area contributed by atoms with Crippen molar-refractivity contribution < 1.29 is 19.1 Å². The summed E-state index contributed by atoms with van der Waals surface area (Å²) in [6, 6.07) is 5.69. The zero-order valence-electron chi connectivity index (χ0n) is 14.6. The van der Waals surface area contributed by atoms with E-state index in [1.807, 2.05) is 17.9 Å². The molecule has 0 aliphatic carbocycles. The van der Waals surface area contributed by atoms with E-state index in [4.69, 9.17) is 5.11 Å². The first-order valence-electron chi connectivity index (χ1n) is 8.70. The number of aliphatic hydroxyl groups excluding tert-OH is 1. The highest BCUT2D eigenvalue weighted by atomic mass is 19.1. The van der Waals surface area contributed by atoms with Crippen LogP contribution in [-0.4, -0.2) is 65.5 Å². The van der Waals surface area contributed by atoms with Crippen molar-refractivity contribution in [2.45, 2.75) is 32.4 Å². The molecule has 0 spiro atoms. The molecule has 1 atom stereocenters. The molecule has 1 heterocycles. The summed E-state index contributed by atoms with van der Waals surface area (Å²) in [6.45, 7) is 4.21. The summed E-state index contributed by atoms with van der Waals surface area (Å²) in [5, 5.41) is 11.9. The van der Waals surface area contributed by atoms with Gasteiger partial charge in [0.05, 0.1) is 19.1 Å². The number of rotatable bonds is 8. The summed E-state index contributed by atoms with van der Waals surface area (Å²) >= 11 is 0. The van der Waals surface area contributed by atoms with Crippen LogP contribution in [0.4, 0.5) is 4.39 Å². The standard InChI is InChI=1S/C18H26FN3O3/c1-2-7-21(9-10-23)17(24)12-16-18(25)20-6-8-22(16)13-14-4-3-5-15(19)11-14/h3-5,11,16,23H,2,6-10,12-13H2,1H3,(H,20,25)/t16-/m1/s1. The van der Waals surface area contributed by atoms with Gasteiger partial charge in [0.25, 0.3) is 0 Å². The lowest BCUT2D eigenvalue weighted by Gasteiger charge is -2.35. The maximum Gasteiger partial charge on any atom is 0.237 e. The van der Waals surface area contributed by atoms with Crippen LogP contribution in [0.15, 0.2) is 24.3 Å². The first kappa shape index (κ1) is 19.3. The molecule has 0 radical (unpaired) electrons. The van der Waals surface area contributed by atoms with Crippen LogP contribution in [-0.2, 0) is 16.1 Å². The van der Waals surface area contributed by atoms with Crippen LogP contribution in [0.3, 0.4) is 0 Å². The van der Waals surface area contributed by atoms with Gasteiger partial charge in [-0.05, 0) is 24.1 Å². The third-order valence-electron chi connectivity index (χ3n) is 4.30. The van der Waals surface area contributed by atoms with Crippen molar-refractivity contribution in [3.8, 4) is 0 Å². The van der Waals surface area contributed by atoms with Crippen LogP contribution in [0, 0.1) is 5.82 Å². The first-order chi connectivity index (χ1) is 12.0. The number of halogens is 1. The molecule has 2 rings (SSSR count). The Morgan fingerprint density at radius 1 is 1.44 bits per heavy atom. The van der Waals surface area contributed by atoms with E-state index in [0.29, 0.717) is 26.2 Å². The number of hydrogen-bond acceptors (Lipinski definition) is 4. The highest BCUT2D eigenvalue weighted by molar-refractivity contribution is 5.88. The van der Waals surface area contributed by atoms with Crippen molar-refractivity contribution in [1.82, 2.24) is 15.1 Å². The second-order valence-electron chi connectivity index (χ2n) is 6.22. The topological polar surface area (TPSA) is 72.9 Å². The van der Waals surface area contributed by atoms with Crippen molar-refractivity contribution >= 4 is 11.8 Å². The summed E-state index contributed by atoms with van der Waals surface area (Å²) in [6.07, 6.45) is 0.844. The summed E-state index contributed by atoms with van der Waals surface area (Å²) in [5.41, 5.74) is 0.771. The average molecular weight is 351 g/mol. The maximum absolute atomic E-state index is 13.4. The molecule has 0 aromatic heterocycles. The van der Waals surface area contributed by atoms with Gasteiger partial charge in [-0.2, -0.15) is 0 Å². The fraction of sp³-hybridized carbons (Fsp3) is 0.556. The summed E-state index contributed by atoms with van der Waals surface area (Å²) in [5.74, 6) is -0.651. The molecule has 25 heavy (non-hydrogen) atoms. The fourth-order valence-electron chi connectivity index (χ4n) is 3.09. The predicted octanol–water partition coefficient (Wildman–Crippen LogP) is 0.747. The van der Waals surface area contributed by atoms with Gasteiger partial charge in [-0.25, -0.2) is 4.39 Å². The van der Waals surface area contributed by atoms with E-state index in [2.05, 4.69) is 5.32 Å². The first-order valence-corrected chi connectivity index (χ1v) is 8.70. The number of amides is 2. The van der Waals surface area contributed by atoms with Crippen LogP contribution >= 0.6 is 0 Å². The zero-order chi connectivity index (χ0) is 18.2. The monoisotopic (exact) mass is 351 g/mol. The van der Waals surface area contributed by atoms with E-state index in [9.17, 15) is 14.0 Å². The van der Waals surface area contributed by atoms with Gasteiger partial charge in [0.1, 0.15) is 5.82 Å². The van der Waals surface area contributed by atoms with Crippen LogP contribution < -0.4 is 5.32 Å². The second-order valence-corrected chi connectivity index (χ2v) is 6.22. The normalized spacial score (nSPS) is 18.0. The van der Waals surface area contributed by atoms with Crippen molar-refractivity contribution in [3.63, 3.8) is 0 Å². The Bertz CT molecular complexity index is 591. The molecule has 1 aromatic rings. The summed E-state index contributed by atoms with van der Waals surface area (Å²) in [4.78, 5) is 28.3. The third-order valence-corrected chi connectivity index (χ3v) is 4.30. The number of carbonyl (C=O) groups is 2. The molecule has 7 heteroatoms. The molecular weight excluding hydrogens is 325 g/mol. The van der Waals surface area contributed by atoms with Crippen molar-refractivity contribution in [2.24, 2.45) is 0 Å². The van der Waals surface area contributed by atoms with Crippen molar-refractivity contribution in [1.29, 1.82) is 0 Å². The van der Waals surface area contributed by atoms with Crippen LogP contribution in [0.2, 0.25) is 0 Å². The minimum Gasteiger partial charge on any atom is -0.395 e. The van der Waals surface area contributed by atoms with Gasteiger partial charge in [-0.3, -0.25) is 14.5 Å². The lowest BCUT2D eigenvalue weighted by molar-refractivity contribution is -0.139. The lowest BCUT2D eigenvalue weighted by Crippen LogP contribution is -2.56. The SMILES string of the molecule is CCCN(CCO)C(=O)C[C@@H]1C(=O)NCCN1Cc1cccc(F)c1. The predicted molar refractivity (Wildman–Crippen MR) is 92.2 cm³/mol. The van der Waals surface area contributed by atoms with E-state index in [0.717, 1.165) is 12.0 Å². The van der Waals surface area contributed by atoms with Gasteiger partial charge < -0.3 is 15.3 Å². The number of nitrogens with zero attached hydrogens (tertiary/aromatic N) is 2. The van der Waals surface area contributed by atoms with Crippen molar-refractivity contribution in [3.05, 3.63) is 35.6 Å². The average Bonchev–Trinajstić information content (AvgIpc) is 2.57. The molecule has 1 fully saturated rings. The van der Waals surface area contributed by atoms with E-state index in [1.54, 1.807) is 11.0 Å². The van der Waals surface area contributed by atoms with Gasteiger partial charge in [0.15, 0.2) is 0 Å². The molecule has 0 bridgehead atoms. The van der Waals surface area contributed by atoms with E-state index < -0.39 is 6.04 Å². The Balaban J connectivity index is 2.08. The van der Waals surface area contributed by atoms with Crippen molar-refractivity contribution in [2.75, 3.05) is 32.8 Å². The summed E-state index contributed by atoms with van der Waals surface area (Å²) in [7, 11) is 0. The molecule has 138 valence electrons. The zero-order valence-corrected chi connectivity index (χ0v) is 14.6. The Labute approximate surface area is 147 Å². The molecule has 1 aliphatic heterocycles. The summed E-state index contributed by atoms with van der Waals surface area (Å²) < 4.78 is 13.4. The molecule has 0 unspecified atom stereocenters. The van der Waals surface area contributed by atoms with Gasteiger partial charge in [-0.1, -0.05) is 19.1 Å². The molecule has 1 aromatic carbocycles. The van der Waals surface area contributed by atoms with Crippen LogP contribution in [0.1, 0.15) is 25.3 Å². The van der Waals surface area contributed by atoms with E-state index in [1.165, 1.54) is 12.1 Å². The van der Waals surface area contributed by atoms with E-state index in [-0.39, 0.29) is 37.2 Å². The van der Waals surface area contributed by atoms with Gasteiger partial charge in [-0.15, -0.1) is 0 Å². The molecule has 1 aliphatic rings. The highest BCUT2D eigenvalue weighted by Gasteiger charge is 2.32. The second kappa shape index (κ2) is 9.48. The lowest BCUT2D eigenvalue weighted by atomic mass is 10.1. The Morgan fingerprint density at radius 2 is 2.24 bits per heavy atom. The van der Waals surface area contributed by atoms with Gasteiger partial charge in [0.2, 0.25) is 11.8 Å². The molecule has 1 saturated heterocycles. The van der Waals surface area contributed by atoms with Crippen LogP contribution in [0.25, 0.3) is 0 Å². The number of piperazine rings is 1. The number of nitrogens with one attached hydrogen (secondary N) is 1. The minimum absolute atomic E-state index is 0.0567. The highest BCUT2D eigenvalue weighted by Crippen LogP contribution is 2.16. The number of hydrogen-bond donors (Lipinski definition) is 2.